The van der Waals surface area contributed by atoms with E-state index in [1.165, 1.54) is 29.1 Å². The topological polar surface area (TPSA) is 29.1 Å². The van der Waals surface area contributed by atoms with Gasteiger partial charge in [0.15, 0.2) is 0 Å². The predicted octanol–water partition coefficient (Wildman–Crippen LogP) is 0.00560. The zero-order valence-electron chi connectivity index (χ0n) is 14.2. The molecule has 0 radical (unpaired) electrons. The predicted molar refractivity (Wildman–Crippen MR) is 91.0 cm³/mol. The van der Waals surface area contributed by atoms with E-state index < -0.39 is 0 Å². The maximum Gasteiger partial charge on any atom is 0.148 e. The second-order valence-corrected chi connectivity index (χ2v) is 7.87. The van der Waals surface area contributed by atoms with Crippen molar-refractivity contribution in [3.8, 4) is 0 Å². The van der Waals surface area contributed by atoms with Crippen LogP contribution in [0.15, 0.2) is 47.2 Å². The van der Waals surface area contributed by atoms with Gasteiger partial charge in [0, 0.05) is 35.7 Å². The molecule has 2 saturated heterocycles. The fourth-order valence-corrected chi connectivity index (χ4v) is 6.07. The smallest absolute Gasteiger partial charge is 0.148 e. The van der Waals surface area contributed by atoms with Gasteiger partial charge < -0.3 is 22.2 Å². The number of piperidine rings is 1. The van der Waals surface area contributed by atoms with Gasteiger partial charge in [-0.15, -0.1) is 0 Å². The third-order valence-corrected chi connectivity index (χ3v) is 7.06. The number of hydrogen-bond acceptors (Lipinski definition) is 2. The second kappa shape index (κ2) is 4.96. The Balaban J connectivity index is 0.00000146. The van der Waals surface area contributed by atoms with E-state index in [-0.39, 0.29) is 17.8 Å². The van der Waals surface area contributed by atoms with Crippen molar-refractivity contribution in [3.63, 3.8) is 0 Å². The van der Waals surface area contributed by atoms with E-state index in [0.29, 0.717) is 12.0 Å². The molecule has 1 aromatic carbocycles. The molecule has 0 saturated carbocycles. The van der Waals surface area contributed by atoms with E-state index in [2.05, 4.69) is 49.6 Å². The van der Waals surface area contributed by atoms with Gasteiger partial charge in [-0.3, -0.25) is 4.79 Å². The van der Waals surface area contributed by atoms with Crippen molar-refractivity contribution in [1.29, 1.82) is 0 Å². The number of anilines is 1. The fourth-order valence-electron chi connectivity index (χ4n) is 6.07. The maximum atomic E-state index is 12.0. The Kier molecular flexibility index (Phi) is 3.29. The van der Waals surface area contributed by atoms with Gasteiger partial charge in [0.05, 0.1) is 19.0 Å². The summed E-state index contributed by atoms with van der Waals surface area (Å²) < 4.78 is 1.13. The summed E-state index contributed by atoms with van der Waals surface area (Å²) in [5.74, 6) is 0.316. The Bertz CT molecular complexity index is 799. The third kappa shape index (κ3) is 1.60. The number of aldehydes is 1. The number of allylic oxidation sites excluding steroid dienone is 2. The van der Waals surface area contributed by atoms with Crippen LogP contribution in [0.4, 0.5) is 5.69 Å². The fraction of sp³-hybridized carbons (Fsp3) is 0.450. The molecule has 126 valence electrons. The minimum Gasteiger partial charge on any atom is -1.00 e. The molecular weight excluding hydrogens is 320 g/mol. The molecular formula is C20H23ClN2O. The van der Waals surface area contributed by atoms with Crippen molar-refractivity contribution < 1.29 is 21.7 Å². The van der Waals surface area contributed by atoms with Crippen LogP contribution < -0.4 is 17.7 Å². The first-order valence-electron chi connectivity index (χ1n) is 8.70. The zero-order valence-corrected chi connectivity index (χ0v) is 14.9. The van der Waals surface area contributed by atoms with Gasteiger partial charge >= 0.3 is 0 Å². The summed E-state index contributed by atoms with van der Waals surface area (Å²) in [6.45, 7) is 4.42. The lowest BCUT2D eigenvalue weighted by Crippen LogP contribution is -3.00. The third-order valence-electron chi connectivity index (χ3n) is 7.06. The summed E-state index contributed by atoms with van der Waals surface area (Å²) in [5.41, 5.74) is 6.35. The van der Waals surface area contributed by atoms with Crippen molar-refractivity contribution in [1.82, 2.24) is 0 Å². The Hall–Kier alpha value is -1.58. The standard InChI is InChI=1S/C20H22N2O.ClH/c1-3-13-11-22(2)9-8-20-16-6-4-5-7-17(16)21-19(20)15(12-23)14(13)10-18(20)22;/h3-7,12,14,18H,8-11H2,1-2H3;1H/b13-3+;/t14-,18-,20?,22?;/m0./s1. The van der Waals surface area contributed by atoms with Crippen LogP contribution in [-0.2, 0) is 10.2 Å². The molecule has 2 bridgehead atoms. The van der Waals surface area contributed by atoms with Gasteiger partial charge in [-0.25, -0.2) is 0 Å². The number of nitrogens with zero attached hydrogens (tertiary/aromatic N) is 1. The van der Waals surface area contributed by atoms with Gasteiger partial charge in [-0.05, 0) is 24.1 Å². The number of carbonyl (C=O) groups is 1. The number of halogens is 1. The lowest BCUT2D eigenvalue weighted by Gasteiger charge is -2.51. The largest absolute Gasteiger partial charge is 1.00 e. The molecule has 1 aliphatic carbocycles. The van der Waals surface area contributed by atoms with Crippen LogP contribution >= 0.6 is 0 Å². The molecule has 1 aromatic rings. The van der Waals surface area contributed by atoms with Crippen LogP contribution in [0, 0.1) is 5.92 Å². The number of hydrogen-bond donors (Lipinski definition) is 1. The highest BCUT2D eigenvalue weighted by molar-refractivity contribution is 5.84. The number of carbonyl (C=O) groups excluding carboxylic acids is 1. The summed E-state index contributed by atoms with van der Waals surface area (Å²) in [6.07, 6.45) is 5.65. The molecule has 4 aliphatic rings. The van der Waals surface area contributed by atoms with E-state index >= 15 is 0 Å². The molecule has 3 aliphatic heterocycles. The van der Waals surface area contributed by atoms with Gasteiger partial charge in [0.2, 0.25) is 0 Å². The Morgan fingerprint density at radius 3 is 2.88 bits per heavy atom. The molecule has 0 amide bonds. The van der Waals surface area contributed by atoms with Crippen LogP contribution in [0.25, 0.3) is 0 Å². The number of benzene rings is 1. The molecule has 1 N–H and O–H groups in total. The average Bonchev–Trinajstić information content (AvgIpc) is 3.08. The average molecular weight is 343 g/mol. The van der Waals surface area contributed by atoms with Crippen molar-refractivity contribution in [2.24, 2.45) is 5.92 Å². The number of likely N-dealkylation sites (N-methyl/N-ethyl adjacent to an activating group) is 1. The first-order chi connectivity index (χ1) is 11.1. The Labute approximate surface area is 149 Å². The molecule has 4 heteroatoms. The van der Waals surface area contributed by atoms with Gasteiger partial charge in [-0.2, -0.15) is 0 Å². The molecule has 2 unspecified atom stereocenters. The molecule has 5 rings (SSSR count). The molecule has 2 fully saturated rings. The van der Waals surface area contributed by atoms with Crippen molar-refractivity contribution in [3.05, 3.63) is 52.7 Å². The summed E-state index contributed by atoms with van der Waals surface area (Å²) in [6, 6.07) is 9.27. The van der Waals surface area contributed by atoms with Crippen LogP contribution in [0.1, 0.15) is 25.3 Å². The van der Waals surface area contributed by atoms with Gasteiger partial charge in [-0.1, -0.05) is 24.3 Å². The monoisotopic (exact) mass is 342 g/mol. The summed E-state index contributed by atoms with van der Waals surface area (Å²) in [5, 5.41) is 3.66. The normalized spacial score (nSPS) is 39.8. The van der Waals surface area contributed by atoms with Gasteiger partial charge in [0.1, 0.15) is 18.9 Å². The van der Waals surface area contributed by atoms with Crippen molar-refractivity contribution in [2.75, 3.05) is 25.5 Å². The molecule has 24 heavy (non-hydrogen) atoms. The lowest BCUT2D eigenvalue weighted by molar-refractivity contribution is -0.923. The minimum absolute atomic E-state index is 0. The highest BCUT2D eigenvalue weighted by Gasteiger charge is 2.67. The second-order valence-electron chi connectivity index (χ2n) is 7.87. The summed E-state index contributed by atoms with van der Waals surface area (Å²) in [4.78, 5) is 12.0. The van der Waals surface area contributed by atoms with Crippen LogP contribution in [0.3, 0.4) is 0 Å². The number of fused-ring (bicyclic) bond motifs is 2. The van der Waals surface area contributed by atoms with E-state index in [0.717, 1.165) is 35.7 Å². The van der Waals surface area contributed by atoms with Crippen LogP contribution in [-0.4, -0.2) is 36.9 Å². The van der Waals surface area contributed by atoms with Crippen molar-refractivity contribution >= 4 is 12.0 Å². The van der Waals surface area contributed by atoms with E-state index in [4.69, 9.17) is 0 Å². The lowest BCUT2D eigenvalue weighted by atomic mass is 9.61. The molecule has 0 aromatic heterocycles. The molecule has 4 atom stereocenters. The van der Waals surface area contributed by atoms with Crippen LogP contribution in [0.2, 0.25) is 0 Å². The Morgan fingerprint density at radius 2 is 2.12 bits per heavy atom. The summed E-state index contributed by atoms with van der Waals surface area (Å²) >= 11 is 0. The zero-order chi connectivity index (χ0) is 15.8. The summed E-state index contributed by atoms with van der Waals surface area (Å²) in [7, 11) is 2.42. The Morgan fingerprint density at radius 1 is 1.33 bits per heavy atom. The van der Waals surface area contributed by atoms with E-state index in [1.807, 2.05) is 0 Å². The minimum atomic E-state index is 0. The van der Waals surface area contributed by atoms with Crippen molar-refractivity contribution in [2.45, 2.75) is 31.2 Å². The maximum absolute atomic E-state index is 12.0. The van der Waals surface area contributed by atoms with Crippen LogP contribution in [0.5, 0.6) is 0 Å². The van der Waals surface area contributed by atoms with E-state index in [9.17, 15) is 4.79 Å². The first kappa shape index (κ1) is 15.9. The molecule has 3 heterocycles. The van der Waals surface area contributed by atoms with E-state index in [1.54, 1.807) is 0 Å². The quantitative estimate of drug-likeness (QED) is 0.442. The highest BCUT2D eigenvalue weighted by atomic mass is 35.5. The molecule has 3 nitrogen and oxygen atoms in total. The number of para-hydroxylation sites is 1. The number of quaternary nitrogens is 1. The SMILES string of the molecule is C/C=C1\C[N+]2(C)CCC34C(=C(C=O)[C@H]1C[C@@H]32)Nc1ccccc14.[Cl-]. The number of rotatable bonds is 1. The molecule has 1 spiro atoms. The van der Waals surface area contributed by atoms with Gasteiger partial charge in [0.25, 0.3) is 0 Å². The first-order valence-corrected chi connectivity index (χ1v) is 8.70. The highest BCUT2D eigenvalue weighted by Crippen LogP contribution is 2.62. The number of nitrogens with one attached hydrogen (secondary N) is 1.